The van der Waals surface area contributed by atoms with E-state index in [1.165, 1.54) is 0 Å². The fourth-order valence-electron chi connectivity index (χ4n) is 3.69. The molecule has 1 aliphatic carbocycles. The molecule has 154 valence electrons. The number of nitrogens with one attached hydrogen (secondary N) is 1. The number of hydrogen-bond donors (Lipinski definition) is 1. The fraction of sp³-hybridized carbons (Fsp3) is 0.261. The van der Waals surface area contributed by atoms with Crippen molar-refractivity contribution in [3.63, 3.8) is 0 Å². The zero-order chi connectivity index (χ0) is 21.4. The van der Waals surface area contributed by atoms with Gasteiger partial charge in [0.1, 0.15) is 11.5 Å². The first-order valence-electron chi connectivity index (χ1n) is 10.2. The van der Waals surface area contributed by atoms with Crippen molar-refractivity contribution in [3.05, 3.63) is 59.4 Å². The van der Waals surface area contributed by atoms with E-state index in [-0.39, 0.29) is 5.91 Å². The van der Waals surface area contributed by atoms with Crippen molar-refractivity contribution in [3.8, 4) is 17.3 Å². The van der Waals surface area contributed by atoms with Crippen LogP contribution in [0.1, 0.15) is 46.9 Å². The molecule has 0 unspecified atom stereocenters. The van der Waals surface area contributed by atoms with E-state index >= 15 is 0 Å². The van der Waals surface area contributed by atoms with Crippen LogP contribution < -0.4 is 5.32 Å². The smallest absolute Gasteiger partial charge is 0.259 e. The van der Waals surface area contributed by atoms with Crippen molar-refractivity contribution in [1.29, 1.82) is 5.26 Å². The van der Waals surface area contributed by atoms with Gasteiger partial charge in [-0.2, -0.15) is 10.4 Å². The van der Waals surface area contributed by atoms with Crippen molar-refractivity contribution in [1.82, 2.24) is 19.9 Å². The molecule has 3 aromatic heterocycles. The first kappa shape index (κ1) is 19.0. The second-order valence-electron chi connectivity index (χ2n) is 7.70. The zero-order valence-electron chi connectivity index (χ0n) is 17.0. The van der Waals surface area contributed by atoms with Crippen LogP contribution in [0.25, 0.3) is 22.4 Å². The molecule has 5 rings (SSSR count). The van der Waals surface area contributed by atoms with Crippen molar-refractivity contribution in [2.75, 3.05) is 5.32 Å². The average molecular weight is 412 g/mol. The molecule has 31 heavy (non-hydrogen) atoms. The van der Waals surface area contributed by atoms with Gasteiger partial charge in [-0.1, -0.05) is 35.5 Å². The van der Waals surface area contributed by atoms with Gasteiger partial charge in [0.25, 0.3) is 11.6 Å². The number of fused-ring (bicyclic) bond motifs is 1. The molecule has 8 nitrogen and oxygen atoms in total. The van der Waals surface area contributed by atoms with Gasteiger partial charge in [0.15, 0.2) is 0 Å². The summed E-state index contributed by atoms with van der Waals surface area (Å²) in [6.07, 6.45) is 2.41. The topological polar surface area (TPSA) is 110 Å². The Morgan fingerprint density at radius 2 is 2.10 bits per heavy atom. The van der Waals surface area contributed by atoms with E-state index in [9.17, 15) is 4.79 Å². The average Bonchev–Trinajstić information content (AvgIpc) is 3.45. The molecular weight excluding hydrogens is 392 g/mol. The van der Waals surface area contributed by atoms with Crippen LogP contribution in [0, 0.1) is 18.3 Å². The lowest BCUT2D eigenvalue weighted by Crippen LogP contribution is -2.17. The summed E-state index contributed by atoms with van der Waals surface area (Å²) in [5.41, 5.74) is 3.89. The molecule has 1 aromatic carbocycles. The number of nitriles is 1. The van der Waals surface area contributed by atoms with E-state index in [2.05, 4.69) is 26.6 Å². The number of amides is 1. The maximum atomic E-state index is 13.4. The third-order valence-electron chi connectivity index (χ3n) is 5.33. The zero-order valence-corrected chi connectivity index (χ0v) is 17.0. The summed E-state index contributed by atoms with van der Waals surface area (Å²) in [5, 5.41) is 21.1. The van der Waals surface area contributed by atoms with E-state index < -0.39 is 0 Å². The third kappa shape index (κ3) is 3.66. The minimum Gasteiger partial charge on any atom is -0.335 e. The molecule has 1 amide bonds. The number of benzene rings is 1. The van der Waals surface area contributed by atoms with E-state index in [4.69, 9.17) is 9.78 Å². The molecule has 4 aromatic rings. The van der Waals surface area contributed by atoms with Gasteiger partial charge in [0.2, 0.25) is 0 Å². The highest BCUT2D eigenvalue weighted by atomic mass is 16.5. The molecule has 1 fully saturated rings. The maximum absolute atomic E-state index is 13.4. The molecule has 3 heterocycles. The van der Waals surface area contributed by atoms with Crippen molar-refractivity contribution < 1.29 is 9.32 Å². The SMILES string of the molecule is Cc1cc(NC(=O)c2cc(C3CC3)nc3onc(-c4ccccc4)c23)n(CCC#N)n1. The summed E-state index contributed by atoms with van der Waals surface area (Å²) in [4.78, 5) is 18.1. The highest BCUT2D eigenvalue weighted by Gasteiger charge is 2.29. The molecule has 1 saturated carbocycles. The summed E-state index contributed by atoms with van der Waals surface area (Å²) in [7, 11) is 0. The quantitative estimate of drug-likeness (QED) is 0.501. The number of hydrogen-bond acceptors (Lipinski definition) is 6. The fourth-order valence-corrected chi connectivity index (χ4v) is 3.69. The summed E-state index contributed by atoms with van der Waals surface area (Å²) in [5.74, 6) is 0.616. The van der Waals surface area contributed by atoms with Crippen molar-refractivity contribution >= 4 is 22.8 Å². The second-order valence-corrected chi connectivity index (χ2v) is 7.70. The van der Waals surface area contributed by atoms with E-state index in [1.807, 2.05) is 43.3 Å². The third-order valence-corrected chi connectivity index (χ3v) is 5.33. The number of nitrogens with zero attached hydrogens (tertiary/aromatic N) is 5. The predicted octanol–water partition coefficient (Wildman–Crippen LogP) is 4.44. The number of anilines is 1. The summed E-state index contributed by atoms with van der Waals surface area (Å²) in [6, 6.07) is 15.4. The lowest BCUT2D eigenvalue weighted by atomic mass is 10.0. The van der Waals surface area contributed by atoms with Crippen LogP contribution in [-0.4, -0.2) is 25.8 Å². The molecule has 0 radical (unpaired) electrons. The summed E-state index contributed by atoms with van der Waals surface area (Å²) in [6.45, 7) is 2.25. The minimum atomic E-state index is -0.284. The maximum Gasteiger partial charge on any atom is 0.259 e. The molecule has 0 saturated heterocycles. The van der Waals surface area contributed by atoms with Crippen LogP contribution in [0.3, 0.4) is 0 Å². The Bertz CT molecular complexity index is 1310. The van der Waals surface area contributed by atoms with Gasteiger partial charge >= 0.3 is 0 Å². The van der Waals surface area contributed by atoms with Gasteiger partial charge in [-0.05, 0) is 25.8 Å². The number of carbonyl (C=O) groups excluding carboxylic acids is 1. The van der Waals surface area contributed by atoms with Crippen LogP contribution in [0.4, 0.5) is 5.82 Å². The standard InChI is InChI=1S/C23H20N6O2/c1-14-12-19(29(27-14)11-5-10-24)26-22(30)17-13-18(15-8-9-15)25-23-20(17)21(28-31-23)16-6-3-2-4-7-16/h2-4,6-7,12-13,15H,5,8-9,11H2,1H3,(H,26,30). The number of aromatic nitrogens is 4. The van der Waals surface area contributed by atoms with Crippen molar-refractivity contribution in [2.45, 2.75) is 38.6 Å². The monoisotopic (exact) mass is 412 g/mol. The first-order valence-corrected chi connectivity index (χ1v) is 10.2. The minimum absolute atomic E-state index is 0.284. The predicted molar refractivity (Wildman–Crippen MR) is 114 cm³/mol. The molecule has 8 heteroatoms. The summed E-state index contributed by atoms with van der Waals surface area (Å²) >= 11 is 0. The molecule has 0 aliphatic heterocycles. The largest absolute Gasteiger partial charge is 0.335 e. The first-order chi connectivity index (χ1) is 15.1. The van der Waals surface area contributed by atoms with Crippen LogP contribution >= 0.6 is 0 Å². The van der Waals surface area contributed by atoms with Gasteiger partial charge in [0.05, 0.1) is 35.7 Å². The Kier molecular flexibility index (Phi) is 4.71. The van der Waals surface area contributed by atoms with Gasteiger partial charge in [0, 0.05) is 23.2 Å². The highest BCUT2D eigenvalue weighted by Crippen LogP contribution is 2.41. The molecule has 0 bridgehead atoms. The van der Waals surface area contributed by atoms with Gasteiger partial charge in [-0.25, -0.2) is 9.67 Å². The van der Waals surface area contributed by atoms with Crippen molar-refractivity contribution in [2.24, 2.45) is 0 Å². The second kappa shape index (κ2) is 7.69. The molecule has 1 aliphatic rings. The van der Waals surface area contributed by atoms with Gasteiger partial charge < -0.3 is 9.84 Å². The molecule has 0 atom stereocenters. The molecule has 1 N–H and O–H groups in total. The summed E-state index contributed by atoms with van der Waals surface area (Å²) < 4.78 is 7.19. The lowest BCUT2D eigenvalue weighted by Gasteiger charge is -2.10. The number of pyridine rings is 1. The number of aryl methyl sites for hydroxylation is 2. The van der Waals surface area contributed by atoms with Gasteiger partial charge in [-0.15, -0.1) is 0 Å². The Morgan fingerprint density at radius 1 is 1.29 bits per heavy atom. The molecule has 0 spiro atoms. The van der Waals surface area contributed by atoms with E-state index in [0.717, 1.165) is 29.8 Å². The Balaban J connectivity index is 1.59. The Labute approximate surface area is 178 Å². The number of carbonyl (C=O) groups is 1. The van der Waals surface area contributed by atoms with Crippen LogP contribution in [0.15, 0.2) is 47.0 Å². The van der Waals surface area contributed by atoms with Crippen LogP contribution in [-0.2, 0) is 6.54 Å². The Morgan fingerprint density at radius 3 is 2.84 bits per heavy atom. The van der Waals surface area contributed by atoms with Gasteiger partial charge in [-0.3, -0.25) is 4.79 Å². The highest BCUT2D eigenvalue weighted by molar-refractivity contribution is 6.14. The normalized spacial score (nSPS) is 13.3. The Hall–Kier alpha value is -3.99. The van der Waals surface area contributed by atoms with E-state index in [0.29, 0.717) is 47.1 Å². The molecular formula is C23H20N6O2. The van der Waals surface area contributed by atoms with Crippen LogP contribution in [0.5, 0.6) is 0 Å². The number of rotatable bonds is 6. The lowest BCUT2D eigenvalue weighted by molar-refractivity contribution is 0.102. The van der Waals surface area contributed by atoms with Crippen LogP contribution in [0.2, 0.25) is 0 Å². The van der Waals surface area contributed by atoms with E-state index in [1.54, 1.807) is 10.7 Å².